The van der Waals surface area contributed by atoms with Crippen LogP contribution in [-0.2, 0) is 4.74 Å². The summed E-state index contributed by atoms with van der Waals surface area (Å²) in [5.41, 5.74) is 5.96. The van der Waals surface area contributed by atoms with Crippen LogP contribution < -0.4 is 10.6 Å². The van der Waals surface area contributed by atoms with Crippen LogP contribution in [0.15, 0.2) is 17.5 Å². The first-order chi connectivity index (χ1) is 8.72. The number of anilines is 1. The van der Waals surface area contributed by atoms with Crippen LogP contribution in [-0.4, -0.2) is 47.3 Å². The fraction of sp³-hybridized carbons (Fsp3) is 0.545. The van der Waals surface area contributed by atoms with Gasteiger partial charge in [0.15, 0.2) is 17.3 Å². The van der Waals surface area contributed by atoms with Crippen molar-refractivity contribution in [2.24, 2.45) is 10.9 Å². The maximum absolute atomic E-state index is 8.73. The Labute approximate surface area is 105 Å². The summed E-state index contributed by atoms with van der Waals surface area (Å²) in [4.78, 5) is 10.2. The number of hydrogen-bond donors (Lipinski definition) is 2. The second kappa shape index (κ2) is 5.63. The average molecular weight is 251 g/mol. The van der Waals surface area contributed by atoms with Crippen LogP contribution >= 0.6 is 0 Å². The molecule has 2 rings (SSSR count). The van der Waals surface area contributed by atoms with E-state index in [1.165, 1.54) is 6.20 Å². The highest BCUT2D eigenvalue weighted by molar-refractivity contribution is 5.99. The maximum atomic E-state index is 8.73. The molecule has 1 atom stereocenters. The highest BCUT2D eigenvalue weighted by atomic mass is 16.5. The fourth-order valence-corrected chi connectivity index (χ4v) is 2.02. The summed E-state index contributed by atoms with van der Waals surface area (Å²) in [7, 11) is 1.89. The number of nitrogens with zero attached hydrogens (tertiary/aromatic N) is 4. The number of nitrogens with two attached hydrogens (primary N) is 1. The monoisotopic (exact) mass is 251 g/mol. The minimum Gasteiger partial charge on any atom is -0.409 e. The second-order valence-corrected chi connectivity index (χ2v) is 4.23. The minimum atomic E-state index is -0.0442. The van der Waals surface area contributed by atoms with Gasteiger partial charge in [-0.25, -0.2) is 9.97 Å². The Balaban J connectivity index is 2.16. The van der Waals surface area contributed by atoms with Gasteiger partial charge in [-0.1, -0.05) is 5.16 Å². The molecule has 0 aliphatic carbocycles. The van der Waals surface area contributed by atoms with Crippen LogP contribution in [0.1, 0.15) is 18.5 Å². The molecule has 18 heavy (non-hydrogen) atoms. The van der Waals surface area contributed by atoms with Gasteiger partial charge in [0, 0.05) is 32.6 Å². The Morgan fingerprint density at radius 3 is 3.06 bits per heavy atom. The molecule has 0 radical (unpaired) electrons. The Bertz CT molecular complexity index is 431. The van der Waals surface area contributed by atoms with E-state index in [1.807, 2.05) is 11.9 Å². The lowest BCUT2D eigenvalue weighted by atomic mass is 10.2. The van der Waals surface area contributed by atoms with Crippen LogP contribution in [0.25, 0.3) is 0 Å². The predicted molar refractivity (Wildman–Crippen MR) is 66.8 cm³/mol. The van der Waals surface area contributed by atoms with Crippen LogP contribution in [0.5, 0.6) is 0 Å². The van der Waals surface area contributed by atoms with Gasteiger partial charge >= 0.3 is 0 Å². The fourth-order valence-electron chi connectivity index (χ4n) is 2.02. The molecule has 2 heterocycles. The lowest BCUT2D eigenvalue weighted by molar-refractivity contribution is 0.116. The SMILES string of the molecule is CN(CC1CCCO1)c1nccnc1/C(N)=N/O. The van der Waals surface area contributed by atoms with Gasteiger partial charge in [-0.2, -0.15) is 0 Å². The van der Waals surface area contributed by atoms with Crippen molar-refractivity contribution >= 4 is 11.7 Å². The first kappa shape index (κ1) is 12.6. The third-order valence-corrected chi connectivity index (χ3v) is 2.89. The lowest BCUT2D eigenvalue weighted by Crippen LogP contribution is -2.31. The van der Waals surface area contributed by atoms with E-state index >= 15 is 0 Å². The Kier molecular flexibility index (Phi) is 3.93. The first-order valence-electron chi connectivity index (χ1n) is 5.84. The van der Waals surface area contributed by atoms with Crippen LogP contribution in [0.3, 0.4) is 0 Å². The Hall–Kier alpha value is -1.89. The number of aromatic nitrogens is 2. The van der Waals surface area contributed by atoms with E-state index in [1.54, 1.807) is 6.20 Å². The first-order valence-corrected chi connectivity index (χ1v) is 5.84. The molecule has 1 fully saturated rings. The Morgan fingerprint density at radius 2 is 2.39 bits per heavy atom. The minimum absolute atomic E-state index is 0.0442. The van der Waals surface area contributed by atoms with E-state index < -0.39 is 0 Å². The summed E-state index contributed by atoms with van der Waals surface area (Å²) in [6, 6.07) is 0. The van der Waals surface area contributed by atoms with E-state index in [4.69, 9.17) is 15.7 Å². The van der Waals surface area contributed by atoms with E-state index in [-0.39, 0.29) is 11.9 Å². The quantitative estimate of drug-likeness (QED) is 0.343. The topological polar surface area (TPSA) is 96.9 Å². The molecule has 0 amide bonds. The molecule has 0 saturated carbocycles. The highest BCUT2D eigenvalue weighted by Crippen LogP contribution is 2.18. The smallest absolute Gasteiger partial charge is 0.192 e. The molecule has 7 heteroatoms. The number of likely N-dealkylation sites (N-methyl/N-ethyl adjacent to an activating group) is 1. The summed E-state index contributed by atoms with van der Waals surface area (Å²) in [6.07, 6.45) is 5.43. The van der Waals surface area contributed by atoms with Crippen molar-refractivity contribution in [3.8, 4) is 0 Å². The molecule has 98 valence electrons. The number of amidine groups is 1. The van der Waals surface area contributed by atoms with Gasteiger partial charge in [0.05, 0.1) is 6.10 Å². The van der Waals surface area contributed by atoms with Crippen molar-refractivity contribution in [1.82, 2.24) is 9.97 Å². The number of hydrogen-bond acceptors (Lipinski definition) is 6. The van der Waals surface area contributed by atoms with Crippen molar-refractivity contribution < 1.29 is 9.94 Å². The van der Waals surface area contributed by atoms with Gasteiger partial charge in [0.1, 0.15) is 0 Å². The molecule has 7 nitrogen and oxygen atoms in total. The standard InChI is InChI=1S/C11H17N5O2/c1-16(7-8-3-2-6-18-8)11-9(10(12)15-17)13-4-5-14-11/h4-5,8,17H,2-3,6-7H2,1H3,(H2,12,15). The zero-order chi connectivity index (χ0) is 13.0. The highest BCUT2D eigenvalue weighted by Gasteiger charge is 2.20. The molecular weight excluding hydrogens is 234 g/mol. The number of ether oxygens (including phenoxy) is 1. The van der Waals surface area contributed by atoms with Gasteiger partial charge in [-0.05, 0) is 12.8 Å². The van der Waals surface area contributed by atoms with Crippen LogP contribution in [0.4, 0.5) is 5.82 Å². The van der Waals surface area contributed by atoms with Gasteiger partial charge in [0.25, 0.3) is 0 Å². The van der Waals surface area contributed by atoms with Gasteiger partial charge < -0.3 is 20.6 Å². The van der Waals surface area contributed by atoms with Crippen molar-refractivity contribution in [3.05, 3.63) is 18.1 Å². The third-order valence-electron chi connectivity index (χ3n) is 2.89. The zero-order valence-corrected chi connectivity index (χ0v) is 10.3. The van der Waals surface area contributed by atoms with Crippen molar-refractivity contribution in [2.75, 3.05) is 25.1 Å². The second-order valence-electron chi connectivity index (χ2n) is 4.23. The van der Waals surface area contributed by atoms with Crippen LogP contribution in [0, 0.1) is 0 Å². The molecule has 1 aliphatic heterocycles. The maximum Gasteiger partial charge on any atom is 0.192 e. The van der Waals surface area contributed by atoms with Crippen LogP contribution in [0.2, 0.25) is 0 Å². The molecule has 0 spiro atoms. The zero-order valence-electron chi connectivity index (χ0n) is 10.3. The lowest BCUT2D eigenvalue weighted by Gasteiger charge is -2.22. The molecule has 1 aromatic rings. The summed E-state index contributed by atoms with van der Waals surface area (Å²) in [5, 5.41) is 11.7. The van der Waals surface area contributed by atoms with Crippen molar-refractivity contribution in [2.45, 2.75) is 18.9 Å². The summed E-state index contributed by atoms with van der Waals surface area (Å²) < 4.78 is 5.57. The Morgan fingerprint density at radius 1 is 1.61 bits per heavy atom. The summed E-state index contributed by atoms with van der Waals surface area (Å²) in [5.74, 6) is 0.542. The van der Waals surface area contributed by atoms with Gasteiger partial charge in [0.2, 0.25) is 0 Å². The van der Waals surface area contributed by atoms with E-state index in [2.05, 4.69) is 15.1 Å². The third kappa shape index (κ3) is 2.67. The molecule has 3 N–H and O–H groups in total. The number of rotatable bonds is 4. The average Bonchev–Trinajstić information content (AvgIpc) is 2.90. The summed E-state index contributed by atoms with van der Waals surface area (Å²) >= 11 is 0. The number of oxime groups is 1. The summed E-state index contributed by atoms with van der Waals surface area (Å²) in [6.45, 7) is 1.52. The normalized spacial score (nSPS) is 20.1. The largest absolute Gasteiger partial charge is 0.409 e. The van der Waals surface area contributed by atoms with Gasteiger partial charge in [-0.3, -0.25) is 0 Å². The van der Waals surface area contributed by atoms with Gasteiger partial charge in [-0.15, -0.1) is 0 Å². The molecule has 0 aromatic carbocycles. The van der Waals surface area contributed by atoms with Crippen molar-refractivity contribution in [3.63, 3.8) is 0 Å². The predicted octanol–water partition coefficient (Wildman–Crippen LogP) is 0.186. The molecule has 0 bridgehead atoms. The van der Waals surface area contributed by atoms with E-state index in [9.17, 15) is 0 Å². The molecule has 1 aromatic heterocycles. The molecule has 1 aliphatic rings. The van der Waals surface area contributed by atoms with E-state index in [0.717, 1.165) is 19.4 Å². The molecule has 1 saturated heterocycles. The molecule has 1 unspecified atom stereocenters. The van der Waals surface area contributed by atoms with Crippen molar-refractivity contribution in [1.29, 1.82) is 0 Å². The molecular formula is C11H17N5O2. The van der Waals surface area contributed by atoms with E-state index in [0.29, 0.717) is 18.1 Å².